The van der Waals surface area contributed by atoms with E-state index in [4.69, 9.17) is 35.9 Å². The van der Waals surface area contributed by atoms with Gasteiger partial charge in [-0.25, -0.2) is 19.2 Å². The van der Waals surface area contributed by atoms with E-state index in [1.54, 1.807) is 25.4 Å². The molecule has 1 unspecified atom stereocenters. The summed E-state index contributed by atoms with van der Waals surface area (Å²) >= 11 is 6.10. The van der Waals surface area contributed by atoms with Crippen LogP contribution in [0.4, 0.5) is 10.2 Å². The number of hydrogen-bond donors (Lipinski definition) is 0. The Morgan fingerprint density at radius 3 is 2.20 bits per heavy atom. The zero-order chi connectivity index (χ0) is 33.5. The van der Waals surface area contributed by atoms with Gasteiger partial charge in [-0.1, -0.05) is 50.9 Å². The Kier molecular flexibility index (Phi) is 12.8. The highest BCUT2D eigenvalue weighted by molar-refractivity contribution is 6.76. The lowest BCUT2D eigenvalue weighted by Crippen LogP contribution is -2.33. The van der Waals surface area contributed by atoms with Gasteiger partial charge >= 0.3 is 5.97 Å². The SMILES string of the molecule is CCOC(=O)C(F)C1CCC(c2cc(N(COCC[Si](C)(C)C)COCC[Si](C)(C)C)n3ncc(-c4ccc(Cl)nc4)c3n2)CC1. The van der Waals surface area contributed by atoms with Gasteiger partial charge < -0.3 is 19.1 Å². The lowest BCUT2D eigenvalue weighted by Gasteiger charge is -2.31. The summed E-state index contributed by atoms with van der Waals surface area (Å²) in [7, 11) is -2.54. The van der Waals surface area contributed by atoms with E-state index in [-0.39, 0.29) is 18.4 Å². The Hall–Kier alpha value is -2.39. The standard InChI is InChI=1S/C33H51ClFN5O4Si2/c1-8-44-33(41)31(35)25-11-9-24(10-12-25)28-19-30(40-32(38-28)27(21-37-40)26-13-14-29(34)36-20-26)39(22-42-15-17-45(2,3)4)23-43-16-18-46(5,6)7/h13-14,19-21,24-25,31H,8-12,15-18,22-23H2,1-7H3. The number of alkyl halides is 1. The number of nitrogens with zero attached hydrogens (tertiary/aromatic N) is 5. The molecule has 13 heteroatoms. The number of anilines is 1. The monoisotopic (exact) mass is 691 g/mol. The number of carbonyl (C=O) groups is 1. The summed E-state index contributed by atoms with van der Waals surface area (Å²) in [5.74, 6) is -0.179. The maximum absolute atomic E-state index is 14.9. The van der Waals surface area contributed by atoms with Crippen LogP contribution in [0.1, 0.15) is 44.2 Å². The smallest absolute Gasteiger partial charge is 0.341 e. The third-order valence-electron chi connectivity index (χ3n) is 8.44. The molecule has 0 radical (unpaired) electrons. The first kappa shape index (κ1) is 36.4. The van der Waals surface area contributed by atoms with Gasteiger partial charge in [0.25, 0.3) is 0 Å². The molecule has 0 N–H and O–H groups in total. The first-order valence-corrected chi connectivity index (χ1v) is 24.3. The first-order chi connectivity index (χ1) is 21.8. The first-order valence-electron chi connectivity index (χ1n) is 16.5. The van der Waals surface area contributed by atoms with E-state index >= 15 is 0 Å². The van der Waals surface area contributed by atoms with Crippen LogP contribution in [0, 0.1) is 5.92 Å². The van der Waals surface area contributed by atoms with Gasteiger partial charge in [0, 0.05) is 70.3 Å². The third kappa shape index (κ3) is 10.3. The Bertz CT molecular complexity index is 1400. The summed E-state index contributed by atoms with van der Waals surface area (Å²) in [5, 5.41) is 5.20. The fraction of sp³-hybridized carbons (Fsp3) is 0.636. The van der Waals surface area contributed by atoms with Gasteiger partial charge in [-0.2, -0.15) is 9.61 Å². The molecule has 0 aliphatic heterocycles. The molecule has 254 valence electrons. The molecule has 1 aliphatic carbocycles. The van der Waals surface area contributed by atoms with Crippen molar-refractivity contribution in [2.75, 3.05) is 38.2 Å². The highest BCUT2D eigenvalue weighted by Crippen LogP contribution is 2.39. The Morgan fingerprint density at radius 2 is 1.65 bits per heavy atom. The van der Waals surface area contributed by atoms with Gasteiger partial charge in [0.15, 0.2) is 11.8 Å². The van der Waals surface area contributed by atoms with Crippen molar-refractivity contribution < 1.29 is 23.4 Å². The van der Waals surface area contributed by atoms with Gasteiger partial charge in [-0.3, -0.25) is 0 Å². The van der Waals surface area contributed by atoms with E-state index in [2.05, 4.69) is 55.2 Å². The minimum atomic E-state index is -1.59. The van der Waals surface area contributed by atoms with Crippen LogP contribution >= 0.6 is 11.6 Å². The van der Waals surface area contributed by atoms with Gasteiger partial charge in [-0.15, -0.1) is 0 Å². The molecule has 3 aromatic rings. The molecule has 0 spiro atoms. The average Bonchev–Trinajstić information content (AvgIpc) is 3.43. The fourth-order valence-corrected chi connectivity index (χ4v) is 7.16. The van der Waals surface area contributed by atoms with Crippen molar-refractivity contribution in [3.05, 3.63) is 41.4 Å². The van der Waals surface area contributed by atoms with Crippen LogP contribution in [0.15, 0.2) is 30.6 Å². The Morgan fingerprint density at radius 1 is 1.02 bits per heavy atom. The molecule has 1 fully saturated rings. The van der Waals surface area contributed by atoms with E-state index in [0.717, 1.165) is 47.6 Å². The molecule has 9 nitrogen and oxygen atoms in total. The maximum atomic E-state index is 14.9. The van der Waals surface area contributed by atoms with Gasteiger partial charge in [-0.05, 0) is 56.8 Å². The van der Waals surface area contributed by atoms with E-state index in [1.165, 1.54) is 0 Å². The van der Waals surface area contributed by atoms with Gasteiger partial charge in [0.05, 0.1) is 12.8 Å². The second-order valence-corrected chi connectivity index (χ2v) is 26.3. The van der Waals surface area contributed by atoms with Crippen LogP contribution in [0.2, 0.25) is 56.5 Å². The average molecular weight is 692 g/mol. The second-order valence-electron chi connectivity index (χ2n) is 14.7. The van der Waals surface area contributed by atoms with Crippen LogP contribution in [-0.4, -0.2) is 81.2 Å². The number of ether oxygens (including phenoxy) is 3. The van der Waals surface area contributed by atoms with E-state index in [0.29, 0.717) is 50.3 Å². The Labute approximate surface area is 280 Å². The van der Waals surface area contributed by atoms with Crippen molar-refractivity contribution in [2.45, 2.75) is 96.1 Å². The predicted molar refractivity (Wildman–Crippen MR) is 188 cm³/mol. The molecular weight excluding hydrogens is 641 g/mol. The summed E-state index contributed by atoms with van der Waals surface area (Å²) in [6.07, 6.45) is 4.55. The third-order valence-corrected chi connectivity index (χ3v) is 12.1. The summed E-state index contributed by atoms with van der Waals surface area (Å²) in [5.41, 5.74) is 3.30. The number of esters is 1. The molecular formula is C33H51ClFN5O4Si2. The summed E-state index contributed by atoms with van der Waals surface area (Å²) in [6, 6.07) is 7.88. The van der Waals surface area contributed by atoms with Crippen molar-refractivity contribution in [3.63, 3.8) is 0 Å². The summed E-state index contributed by atoms with van der Waals surface area (Å²) < 4.78 is 34.2. The molecule has 0 aromatic carbocycles. The lowest BCUT2D eigenvalue weighted by atomic mass is 9.78. The molecule has 46 heavy (non-hydrogen) atoms. The van der Waals surface area contributed by atoms with Crippen molar-refractivity contribution in [1.82, 2.24) is 19.6 Å². The molecule has 0 saturated heterocycles. The van der Waals surface area contributed by atoms with Crippen LogP contribution < -0.4 is 4.90 Å². The van der Waals surface area contributed by atoms with Crippen molar-refractivity contribution >= 4 is 45.2 Å². The Balaban J connectivity index is 1.67. The second kappa shape index (κ2) is 16.1. The largest absolute Gasteiger partial charge is 0.464 e. The minimum Gasteiger partial charge on any atom is -0.464 e. The number of pyridine rings is 1. The zero-order valence-corrected chi connectivity index (χ0v) is 31.3. The normalized spacial score (nSPS) is 18.1. The minimum absolute atomic E-state index is 0.1000. The molecule has 3 aromatic heterocycles. The number of carbonyl (C=O) groups excluding carboxylic acids is 1. The molecule has 1 saturated carbocycles. The maximum Gasteiger partial charge on any atom is 0.341 e. The number of aromatic nitrogens is 4. The predicted octanol–water partition coefficient (Wildman–Crippen LogP) is 8.05. The highest BCUT2D eigenvalue weighted by Gasteiger charge is 2.34. The zero-order valence-electron chi connectivity index (χ0n) is 28.5. The fourth-order valence-electron chi connectivity index (χ4n) is 5.54. The van der Waals surface area contributed by atoms with Crippen LogP contribution in [0.3, 0.4) is 0 Å². The van der Waals surface area contributed by atoms with E-state index < -0.39 is 28.3 Å². The summed E-state index contributed by atoms with van der Waals surface area (Å²) in [6.45, 7) is 18.0. The molecule has 0 bridgehead atoms. The van der Waals surface area contributed by atoms with Gasteiger partial charge in [0.1, 0.15) is 24.4 Å². The van der Waals surface area contributed by atoms with Crippen molar-refractivity contribution in [2.24, 2.45) is 5.92 Å². The van der Waals surface area contributed by atoms with Crippen LogP contribution in [-0.2, 0) is 19.0 Å². The lowest BCUT2D eigenvalue weighted by molar-refractivity contribution is -0.151. The van der Waals surface area contributed by atoms with E-state index in [1.807, 2.05) is 10.6 Å². The number of halogens is 2. The summed E-state index contributed by atoms with van der Waals surface area (Å²) in [4.78, 5) is 23.6. The van der Waals surface area contributed by atoms with Gasteiger partial charge in [0.2, 0.25) is 0 Å². The molecule has 3 heterocycles. The van der Waals surface area contributed by atoms with Crippen molar-refractivity contribution in [3.8, 4) is 11.1 Å². The number of rotatable bonds is 16. The van der Waals surface area contributed by atoms with Crippen LogP contribution in [0.25, 0.3) is 16.8 Å². The number of fused-ring (bicyclic) bond motifs is 1. The topological polar surface area (TPSA) is 91.1 Å². The molecule has 4 rings (SSSR count). The molecule has 0 amide bonds. The van der Waals surface area contributed by atoms with Crippen molar-refractivity contribution in [1.29, 1.82) is 0 Å². The molecule has 1 aliphatic rings. The quantitative estimate of drug-likeness (QED) is 0.0490. The molecule has 1 atom stereocenters. The highest BCUT2D eigenvalue weighted by atomic mass is 35.5. The van der Waals surface area contributed by atoms with E-state index in [9.17, 15) is 9.18 Å². The number of hydrogen-bond acceptors (Lipinski definition) is 8. The van der Waals surface area contributed by atoms with Crippen LogP contribution in [0.5, 0.6) is 0 Å².